The Bertz CT molecular complexity index is 807. The van der Waals surface area contributed by atoms with Crippen LogP contribution in [0.4, 0.5) is 4.39 Å². The molecular weight excluding hydrogens is 315 g/mol. The number of hydrogen-bond acceptors (Lipinski definition) is 2. The number of halogens is 1. The van der Waals surface area contributed by atoms with Crippen LogP contribution in [0.15, 0.2) is 90.0 Å². The van der Waals surface area contributed by atoms with E-state index in [-0.39, 0.29) is 17.6 Å². The van der Waals surface area contributed by atoms with E-state index in [9.17, 15) is 9.18 Å². The minimum absolute atomic E-state index is 0.0732. The fourth-order valence-electron chi connectivity index (χ4n) is 2.52. The van der Waals surface area contributed by atoms with Crippen molar-refractivity contribution in [2.24, 2.45) is 5.10 Å². The lowest BCUT2D eigenvalue weighted by Gasteiger charge is -2.13. The molecule has 0 fully saturated rings. The van der Waals surface area contributed by atoms with Crippen LogP contribution in [0.1, 0.15) is 27.4 Å². The van der Waals surface area contributed by atoms with Crippen LogP contribution in [-0.4, -0.2) is 12.1 Å². The molecule has 0 atom stereocenters. The van der Waals surface area contributed by atoms with Crippen molar-refractivity contribution in [1.82, 2.24) is 5.43 Å². The molecule has 3 aromatic rings. The number of rotatable bonds is 5. The molecule has 0 aliphatic carbocycles. The minimum Gasteiger partial charge on any atom is -0.267 e. The number of hydrogen-bond donors (Lipinski definition) is 1. The first-order chi connectivity index (χ1) is 12.2. The predicted molar refractivity (Wildman–Crippen MR) is 97.1 cm³/mol. The van der Waals surface area contributed by atoms with E-state index in [0.717, 1.165) is 11.1 Å². The Hall–Kier alpha value is -3.27. The van der Waals surface area contributed by atoms with E-state index >= 15 is 0 Å². The molecule has 0 radical (unpaired) electrons. The van der Waals surface area contributed by atoms with Crippen LogP contribution >= 0.6 is 0 Å². The highest BCUT2D eigenvalue weighted by Crippen LogP contribution is 2.22. The van der Waals surface area contributed by atoms with Crippen LogP contribution in [-0.2, 0) is 0 Å². The van der Waals surface area contributed by atoms with Gasteiger partial charge in [-0.2, -0.15) is 5.10 Å². The normalized spacial score (nSPS) is 11.0. The first-order valence-electron chi connectivity index (χ1n) is 7.93. The largest absolute Gasteiger partial charge is 0.271 e. The average Bonchev–Trinajstić information content (AvgIpc) is 2.67. The second-order valence-electron chi connectivity index (χ2n) is 5.53. The van der Waals surface area contributed by atoms with Crippen molar-refractivity contribution < 1.29 is 9.18 Å². The number of carbonyl (C=O) groups is 1. The molecule has 124 valence electrons. The number of carbonyl (C=O) groups excluding carboxylic acids is 1. The van der Waals surface area contributed by atoms with E-state index in [0.29, 0.717) is 5.56 Å². The van der Waals surface area contributed by atoms with Gasteiger partial charge < -0.3 is 0 Å². The van der Waals surface area contributed by atoms with Crippen molar-refractivity contribution in [3.05, 3.63) is 107 Å². The second kappa shape index (κ2) is 8.02. The number of hydrazone groups is 1. The van der Waals surface area contributed by atoms with Crippen molar-refractivity contribution >= 4 is 12.1 Å². The smallest absolute Gasteiger partial charge is 0.267 e. The first kappa shape index (κ1) is 16.6. The summed E-state index contributed by atoms with van der Waals surface area (Å²) in [7, 11) is 0. The lowest BCUT2D eigenvalue weighted by Crippen LogP contribution is -2.18. The van der Waals surface area contributed by atoms with Gasteiger partial charge in [0.1, 0.15) is 5.82 Å². The number of benzene rings is 3. The molecule has 0 bridgehead atoms. The molecule has 0 saturated carbocycles. The molecule has 0 unspecified atom stereocenters. The van der Waals surface area contributed by atoms with E-state index in [2.05, 4.69) is 10.5 Å². The van der Waals surface area contributed by atoms with E-state index in [1.807, 2.05) is 60.7 Å². The van der Waals surface area contributed by atoms with E-state index in [4.69, 9.17) is 0 Å². The van der Waals surface area contributed by atoms with Crippen molar-refractivity contribution in [3.8, 4) is 0 Å². The molecule has 1 amide bonds. The molecule has 3 aromatic carbocycles. The maximum Gasteiger partial charge on any atom is 0.271 e. The summed E-state index contributed by atoms with van der Waals surface area (Å²) >= 11 is 0. The van der Waals surface area contributed by atoms with Gasteiger partial charge >= 0.3 is 0 Å². The quantitative estimate of drug-likeness (QED) is 0.547. The van der Waals surface area contributed by atoms with Gasteiger partial charge in [-0.25, -0.2) is 9.82 Å². The number of amides is 1. The van der Waals surface area contributed by atoms with Crippen LogP contribution in [0.2, 0.25) is 0 Å². The van der Waals surface area contributed by atoms with Crippen LogP contribution in [0.5, 0.6) is 0 Å². The van der Waals surface area contributed by atoms with Crippen molar-refractivity contribution in [2.75, 3.05) is 0 Å². The van der Waals surface area contributed by atoms with Crippen LogP contribution < -0.4 is 5.43 Å². The molecule has 0 aliphatic heterocycles. The molecule has 25 heavy (non-hydrogen) atoms. The van der Waals surface area contributed by atoms with Crippen molar-refractivity contribution in [2.45, 2.75) is 5.92 Å². The maximum absolute atomic E-state index is 12.9. The molecular formula is C21H17FN2O. The molecule has 1 N–H and O–H groups in total. The fourth-order valence-corrected chi connectivity index (χ4v) is 2.52. The summed E-state index contributed by atoms with van der Waals surface area (Å²) in [6.07, 6.45) is 1.70. The van der Waals surface area contributed by atoms with Gasteiger partial charge in [-0.3, -0.25) is 4.79 Å². The minimum atomic E-state index is -0.381. The van der Waals surface area contributed by atoms with Crippen LogP contribution in [0.25, 0.3) is 0 Å². The Morgan fingerprint density at radius 1 is 0.840 bits per heavy atom. The van der Waals surface area contributed by atoms with E-state index in [1.165, 1.54) is 24.3 Å². The summed E-state index contributed by atoms with van der Waals surface area (Å²) in [5.41, 5.74) is 5.01. The number of nitrogens with zero attached hydrogens (tertiary/aromatic N) is 1. The third kappa shape index (κ3) is 4.38. The third-order valence-electron chi connectivity index (χ3n) is 3.81. The van der Waals surface area contributed by atoms with Crippen LogP contribution in [0, 0.1) is 5.82 Å². The van der Waals surface area contributed by atoms with Gasteiger partial charge in [0.15, 0.2) is 0 Å². The zero-order valence-electron chi connectivity index (χ0n) is 13.5. The highest BCUT2D eigenvalue weighted by atomic mass is 19.1. The summed E-state index contributed by atoms with van der Waals surface area (Å²) < 4.78 is 12.9. The Morgan fingerprint density at radius 2 is 1.36 bits per heavy atom. The van der Waals surface area contributed by atoms with Gasteiger partial charge in [-0.15, -0.1) is 0 Å². The van der Waals surface area contributed by atoms with Crippen LogP contribution in [0.3, 0.4) is 0 Å². The Kier molecular flexibility index (Phi) is 5.32. The molecule has 3 rings (SSSR count). The monoisotopic (exact) mass is 332 g/mol. The molecule has 0 aromatic heterocycles. The van der Waals surface area contributed by atoms with Gasteiger partial charge in [0.2, 0.25) is 0 Å². The van der Waals surface area contributed by atoms with Gasteiger partial charge in [0.05, 0.1) is 0 Å². The molecule has 0 heterocycles. The predicted octanol–water partition coefficient (Wildman–Crippen LogP) is 4.37. The molecule has 4 heteroatoms. The maximum atomic E-state index is 12.9. The highest BCUT2D eigenvalue weighted by molar-refractivity contribution is 5.94. The summed E-state index contributed by atoms with van der Waals surface area (Å²) in [4.78, 5) is 12.1. The first-order valence-corrected chi connectivity index (χ1v) is 7.93. The Morgan fingerprint density at radius 3 is 1.88 bits per heavy atom. The topological polar surface area (TPSA) is 41.5 Å². The number of nitrogens with one attached hydrogen (secondary N) is 1. The summed E-state index contributed by atoms with van der Waals surface area (Å²) in [6.45, 7) is 0. The zero-order valence-corrected chi connectivity index (χ0v) is 13.5. The SMILES string of the molecule is O=C(N/N=C\C(c1ccccc1)c1ccccc1)c1ccc(F)cc1. The Labute approximate surface area is 145 Å². The van der Waals surface area contributed by atoms with Gasteiger partial charge in [0.25, 0.3) is 5.91 Å². The van der Waals surface area contributed by atoms with Gasteiger partial charge in [-0.05, 0) is 35.4 Å². The van der Waals surface area contributed by atoms with E-state index < -0.39 is 0 Å². The third-order valence-corrected chi connectivity index (χ3v) is 3.81. The summed E-state index contributed by atoms with van der Waals surface area (Å²) in [5, 5.41) is 4.10. The molecule has 0 aliphatic rings. The molecule has 3 nitrogen and oxygen atoms in total. The van der Waals surface area contributed by atoms with Gasteiger partial charge in [0, 0.05) is 17.7 Å². The lowest BCUT2D eigenvalue weighted by molar-refractivity contribution is 0.0955. The highest BCUT2D eigenvalue weighted by Gasteiger charge is 2.11. The van der Waals surface area contributed by atoms with Crippen molar-refractivity contribution in [3.63, 3.8) is 0 Å². The Balaban J connectivity index is 1.77. The molecule has 0 saturated heterocycles. The second-order valence-corrected chi connectivity index (χ2v) is 5.53. The lowest BCUT2D eigenvalue weighted by atomic mass is 9.92. The van der Waals surface area contributed by atoms with E-state index in [1.54, 1.807) is 6.21 Å². The fraction of sp³-hybridized carbons (Fsp3) is 0.0476. The average molecular weight is 332 g/mol. The summed E-state index contributed by atoms with van der Waals surface area (Å²) in [6, 6.07) is 25.2. The molecule has 0 spiro atoms. The zero-order chi connectivity index (χ0) is 17.5. The van der Waals surface area contributed by atoms with Gasteiger partial charge in [-0.1, -0.05) is 60.7 Å². The van der Waals surface area contributed by atoms with Crippen molar-refractivity contribution in [1.29, 1.82) is 0 Å². The standard InChI is InChI=1S/C21H17FN2O/c22-19-13-11-18(12-14-19)21(25)24-23-15-20(16-7-3-1-4-8-16)17-9-5-2-6-10-17/h1-15,20H,(H,24,25)/b23-15-. The summed E-state index contributed by atoms with van der Waals surface area (Å²) in [5.74, 6) is -0.833.